The monoisotopic (exact) mass is 665 g/mol. The van der Waals surface area contributed by atoms with E-state index in [2.05, 4.69) is 209 Å². The SMILES string of the molecule is C=C(/C=C\c1c(C)c2ccccc2n1-c1ccccc1)n1c2ccccc2c2cc(-c3ccc4c(c3)c3ccccc3n4-c3ccccc3)ccc21. The molecular formula is C49H35N3. The molecule has 3 heterocycles. The molecule has 3 heteroatoms. The minimum atomic E-state index is 0.915. The topological polar surface area (TPSA) is 14.8 Å². The van der Waals surface area contributed by atoms with Gasteiger partial charge in [0.25, 0.3) is 0 Å². The van der Waals surface area contributed by atoms with Crippen molar-refractivity contribution in [1.29, 1.82) is 0 Å². The van der Waals surface area contributed by atoms with Gasteiger partial charge in [0.15, 0.2) is 0 Å². The van der Waals surface area contributed by atoms with Crippen LogP contribution in [0, 0.1) is 6.92 Å². The van der Waals surface area contributed by atoms with Gasteiger partial charge in [-0.2, -0.15) is 0 Å². The van der Waals surface area contributed by atoms with Crippen molar-refractivity contribution in [2.45, 2.75) is 6.92 Å². The summed E-state index contributed by atoms with van der Waals surface area (Å²) >= 11 is 0. The standard InChI is InChI=1S/C49H35N3/c1-33(25-28-44-34(2)39-19-9-12-22-45(39)51(44)37-15-5-3-6-16-37)50-46-23-13-10-20-40(46)42-31-35(26-29-48(42)50)36-27-30-49-43(32-36)41-21-11-14-24-47(41)52(49)38-17-7-4-8-18-38/h3-32H,1H2,2H3/b28-25-. The number of nitrogens with zero attached hydrogens (tertiary/aromatic N) is 3. The van der Waals surface area contributed by atoms with E-state index >= 15 is 0 Å². The molecule has 0 fully saturated rings. The summed E-state index contributed by atoms with van der Waals surface area (Å²) in [6.07, 6.45) is 4.39. The Balaban J connectivity index is 1.09. The van der Waals surface area contributed by atoms with Crippen LogP contribution < -0.4 is 0 Å². The lowest BCUT2D eigenvalue weighted by molar-refractivity contribution is 1.10. The van der Waals surface area contributed by atoms with Crippen LogP contribution in [0.2, 0.25) is 0 Å². The van der Waals surface area contributed by atoms with Crippen molar-refractivity contribution >= 4 is 66.3 Å². The zero-order chi connectivity index (χ0) is 34.8. The van der Waals surface area contributed by atoms with Crippen molar-refractivity contribution < 1.29 is 0 Å². The van der Waals surface area contributed by atoms with Gasteiger partial charge >= 0.3 is 0 Å². The highest BCUT2D eigenvalue weighted by Crippen LogP contribution is 2.38. The first-order chi connectivity index (χ1) is 25.7. The van der Waals surface area contributed by atoms with E-state index in [1.54, 1.807) is 0 Å². The first-order valence-electron chi connectivity index (χ1n) is 17.8. The van der Waals surface area contributed by atoms with Gasteiger partial charge in [-0.25, -0.2) is 0 Å². The number of para-hydroxylation sites is 5. The van der Waals surface area contributed by atoms with Crippen LogP contribution in [0.25, 0.3) is 88.8 Å². The minimum Gasteiger partial charge on any atom is -0.310 e. The van der Waals surface area contributed by atoms with Crippen LogP contribution in [0.5, 0.6) is 0 Å². The van der Waals surface area contributed by atoms with E-state index in [0.29, 0.717) is 0 Å². The van der Waals surface area contributed by atoms with Gasteiger partial charge in [0, 0.05) is 49.7 Å². The Bertz CT molecular complexity index is 3020. The molecule has 0 radical (unpaired) electrons. The van der Waals surface area contributed by atoms with Gasteiger partial charge in [-0.1, -0.05) is 110 Å². The van der Waals surface area contributed by atoms with Gasteiger partial charge in [-0.05, 0) is 102 Å². The van der Waals surface area contributed by atoms with Crippen LogP contribution in [0.1, 0.15) is 11.3 Å². The molecule has 3 aromatic heterocycles. The first kappa shape index (κ1) is 30.0. The summed E-state index contributed by atoms with van der Waals surface area (Å²) in [5.41, 5.74) is 13.9. The summed E-state index contributed by atoms with van der Waals surface area (Å²) in [6.45, 7) is 6.85. The van der Waals surface area contributed by atoms with E-state index in [1.165, 1.54) is 65.9 Å². The summed E-state index contributed by atoms with van der Waals surface area (Å²) in [5.74, 6) is 0. The van der Waals surface area contributed by atoms with Crippen molar-refractivity contribution in [2.24, 2.45) is 0 Å². The highest BCUT2D eigenvalue weighted by atomic mass is 15.0. The quantitative estimate of drug-likeness (QED) is 0.157. The van der Waals surface area contributed by atoms with Crippen molar-refractivity contribution in [3.63, 3.8) is 0 Å². The Hall–Kier alpha value is -6.84. The molecule has 246 valence electrons. The molecule has 0 N–H and O–H groups in total. The normalized spacial score (nSPS) is 11.9. The van der Waals surface area contributed by atoms with E-state index < -0.39 is 0 Å². The fourth-order valence-corrected chi connectivity index (χ4v) is 8.20. The Morgan fingerprint density at radius 3 is 1.54 bits per heavy atom. The lowest BCUT2D eigenvalue weighted by Gasteiger charge is -2.11. The predicted molar refractivity (Wildman–Crippen MR) is 222 cm³/mol. The Kier molecular flexibility index (Phi) is 6.87. The average molecular weight is 666 g/mol. The van der Waals surface area contributed by atoms with E-state index in [1.807, 2.05) is 0 Å². The summed E-state index contributed by atoms with van der Waals surface area (Å²) in [7, 11) is 0. The number of allylic oxidation sites excluding steroid dienone is 2. The highest BCUT2D eigenvalue weighted by Gasteiger charge is 2.17. The molecule has 0 aliphatic heterocycles. The third kappa shape index (κ3) is 4.60. The number of hydrogen-bond acceptors (Lipinski definition) is 0. The van der Waals surface area contributed by atoms with Gasteiger partial charge in [0.1, 0.15) is 0 Å². The molecule has 0 amide bonds. The molecular weight excluding hydrogens is 631 g/mol. The van der Waals surface area contributed by atoms with Crippen molar-refractivity contribution in [1.82, 2.24) is 13.7 Å². The predicted octanol–water partition coefficient (Wildman–Crippen LogP) is 13.0. The summed E-state index contributed by atoms with van der Waals surface area (Å²) < 4.78 is 7.01. The van der Waals surface area contributed by atoms with Gasteiger partial charge < -0.3 is 13.7 Å². The zero-order valence-corrected chi connectivity index (χ0v) is 28.9. The minimum absolute atomic E-state index is 0.915. The summed E-state index contributed by atoms with van der Waals surface area (Å²) in [5, 5.41) is 6.19. The van der Waals surface area contributed by atoms with E-state index in [9.17, 15) is 0 Å². The maximum absolute atomic E-state index is 4.63. The van der Waals surface area contributed by atoms with Crippen LogP contribution in [-0.2, 0) is 0 Å². The van der Waals surface area contributed by atoms with Gasteiger partial charge in [-0.15, -0.1) is 0 Å². The largest absolute Gasteiger partial charge is 0.310 e. The number of fused-ring (bicyclic) bond motifs is 7. The van der Waals surface area contributed by atoms with E-state index in [0.717, 1.165) is 28.1 Å². The van der Waals surface area contributed by atoms with Gasteiger partial charge in [-0.3, -0.25) is 0 Å². The Morgan fingerprint density at radius 2 is 0.885 bits per heavy atom. The molecule has 0 aliphatic carbocycles. The van der Waals surface area contributed by atoms with Crippen molar-refractivity contribution in [2.75, 3.05) is 0 Å². The maximum atomic E-state index is 4.63. The number of rotatable bonds is 6. The third-order valence-electron chi connectivity index (χ3n) is 10.6. The second kappa shape index (κ2) is 11.9. The molecule has 0 spiro atoms. The fraction of sp³-hybridized carbons (Fsp3) is 0.0204. The van der Waals surface area contributed by atoms with Crippen LogP contribution in [0.4, 0.5) is 0 Å². The molecule has 0 bridgehead atoms. The lowest BCUT2D eigenvalue weighted by Crippen LogP contribution is -1.97. The smallest absolute Gasteiger partial charge is 0.0541 e. The second-order valence-electron chi connectivity index (χ2n) is 13.5. The fourth-order valence-electron chi connectivity index (χ4n) is 8.20. The molecule has 0 saturated carbocycles. The first-order valence-corrected chi connectivity index (χ1v) is 17.8. The molecule has 0 saturated heterocycles. The van der Waals surface area contributed by atoms with Gasteiger partial charge in [0.2, 0.25) is 0 Å². The van der Waals surface area contributed by atoms with Crippen LogP contribution in [0.3, 0.4) is 0 Å². The van der Waals surface area contributed by atoms with E-state index in [-0.39, 0.29) is 0 Å². The maximum Gasteiger partial charge on any atom is 0.0541 e. The number of aryl methyl sites for hydroxylation is 1. The average Bonchev–Trinajstić information content (AvgIpc) is 3.82. The molecule has 10 aromatic rings. The number of benzene rings is 7. The van der Waals surface area contributed by atoms with Crippen LogP contribution in [-0.4, -0.2) is 13.7 Å². The molecule has 3 nitrogen and oxygen atoms in total. The molecule has 0 unspecified atom stereocenters. The third-order valence-corrected chi connectivity index (χ3v) is 10.6. The number of hydrogen-bond donors (Lipinski definition) is 0. The van der Waals surface area contributed by atoms with Crippen LogP contribution in [0.15, 0.2) is 183 Å². The van der Waals surface area contributed by atoms with Crippen LogP contribution >= 0.6 is 0 Å². The molecule has 52 heavy (non-hydrogen) atoms. The number of aromatic nitrogens is 3. The second-order valence-corrected chi connectivity index (χ2v) is 13.5. The molecule has 0 aliphatic rings. The highest BCUT2D eigenvalue weighted by molar-refractivity contribution is 6.13. The Labute approximate surface area is 302 Å². The molecule has 0 atom stereocenters. The molecule has 7 aromatic carbocycles. The van der Waals surface area contributed by atoms with Crippen molar-refractivity contribution in [3.8, 4) is 22.5 Å². The van der Waals surface area contributed by atoms with E-state index in [4.69, 9.17) is 0 Å². The molecule has 10 rings (SSSR count). The summed E-state index contributed by atoms with van der Waals surface area (Å²) in [6, 6.07) is 61.0. The Morgan fingerprint density at radius 1 is 0.442 bits per heavy atom. The summed E-state index contributed by atoms with van der Waals surface area (Å²) in [4.78, 5) is 0. The van der Waals surface area contributed by atoms with Crippen molar-refractivity contribution in [3.05, 3.63) is 194 Å². The van der Waals surface area contributed by atoms with Gasteiger partial charge in [0.05, 0.1) is 27.6 Å². The lowest BCUT2D eigenvalue weighted by atomic mass is 10.0. The zero-order valence-electron chi connectivity index (χ0n) is 28.9.